The lowest BCUT2D eigenvalue weighted by Crippen LogP contribution is -2.41. The van der Waals surface area contributed by atoms with Crippen molar-refractivity contribution in [2.75, 3.05) is 30.4 Å². The molecule has 1 aliphatic heterocycles. The predicted molar refractivity (Wildman–Crippen MR) is 114 cm³/mol. The van der Waals surface area contributed by atoms with Crippen LogP contribution in [0.15, 0.2) is 42.7 Å². The molecule has 3 aromatic rings. The quantitative estimate of drug-likeness (QED) is 0.691. The van der Waals surface area contributed by atoms with E-state index in [-0.39, 0.29) is 11.8 Å². The molecule has 2 aromatic heterocycles. The van der Waals surface area contributed by atoms with Crippen LogP contribution in [0.25, 0.3) is 11.3 Å². The second-order valence-corrected chi connectivity index (χ2v) is 7.90. The van der Waals surface area contributed by atoms with E-state index >= 15 is 0 Å². The Labute approximate surface area is 173 Å². The zero-order chi connectivity index (χ0) is 20.2. The summed E-state index contributed by atoms with van der Waals surface area (Å²) in [6.45, 7) is 3.44. The molecule has 1 saturated heterocycles. The summed E-state index contributed by atoms with van der Waals surface area (Å²) in [5.41, 5.74) is 2.77. The van der Waals surface area contributed by atoms with E-state index in [1.54, 1.807) is 13.4 Å². The van der Waals surface area contributed by atoms with Gasteiger partial charge in [0.05, 0.1) is 24.4 Å². The van der Waals surface area contributed by atoms with Gasteiger partial charge in [0.1, 0.15) is 22.9 Å². The zero-order valence-corrected chi connectivity index (χ0v) is 17.3. The minimum Gasteiger partial charge on any atom is -0.497 e. The van der Waals surface area contributed by atoms with Gasteiger partial charge >= 0.3 is 0 Å². The average Bonchev–Trinajstić information content (AvgIpc) is 3.18. The number of nitrogens with zero attached hydrogens (tertiary/aromatic N) is 4. The summed E-state index contributed by atoms with van der Waals surface area (Å²) in [7, 11) is 1.65. The third-order valence-electron chi connectivity index (χ3n) is 5.03. The maximum atomic E-state index is 12.7. The molecule has 1 aromatic carbocycles. The lowest BCUT2D eigenvalue weighted by atomic mass is 9.97. The number of nitrogens with one attached hydrogen (secondary N) is 1. The molecule has 1 atom stereocenters. The van der Waals surface area contributed by atoms with Crippen LogP contribution in [0.2, 0.25) is 0 Å². The van der Waals surface area contributed by atoms with Crippen LogP contribution in [0.4, 0.5) is 10.8 Å². The molecule has 0 unspecified atom stereocenters. The molecular weight excluding hydrogens is 386 g/mol. The van der Waals surface area contributed by atoms with Gasteiger partial charge in [-0.1, -0.05) is 0 Å². The van der Waals surface area contributed by atoms with Crippen molar-refractivity contribution < 1.29 is 9.53 Å². The van der Waals surface area contributed by atoms with E-state index in [1.807, 2.05) is 43.3 Å². The second-order valence-electron chi connectivity index (χ2n) is 7.10. The maximum absolute atomic E-state index is 12.7. The largest absolute Gasteiger partial charge is 0.497 e. The summed E-state index contributed by atoms with van der Waals surface area (Å²) in [4.78, 5) is 23.7. The van der Waals surface area contributed by atoms with E-state index in [2.05, 4.69) is 24.6 Å². The van der Waals surface area contributed by atoms with E-state index in [9.17, 15) is 4.79 Å². The van der Waals surface area contributed by atoms with Gasteiger partial charge in [0, 0.05) is 24.7 Å². The topological polar surface area (TPSA) is 80.2 Å². The third-order valence-corrected chi connectivity index (χ3v) is 5.82. The van der Waals surface area contributed by atoms with Crippen LogP contribution in [-0.2, 0) is 4.79 Å². The molecule has 4 rings (SSSR count). The van der Waals surface area contributed by atoms with Crippen LogP contribution >= 0.6 is 11.5 Å². The van der Waals surface area contributed by atoms with E-state index in [0.29, 0.717) is 6.54 Å². The highest BCUT2D eigenvalue weighted by atomic mass is 32.1. The van der Waals surface area contributed by atoms with Crippen molar-refractivity contribution in [1.82, 2.24) is 14.3 Å². The first-order chi connectivity index (χ1) is 14.1. The van der Waals surface area contributed by atoms with Gasteiger partial charge in [-0.25, -0.2) is 9.97 Å². The third kappa shape index (κ3) is 4.54. The van der Waals surface area contributed by atoms with Crippen LogP contribution in [0.3, 0.4) is 0 Å². The van der Waals surface area contributed by atoms with Gasteiger partial charge in [0.2, 0.25) is 5.91 Å². The van der Waals surface area contributed by atoms with Crippen molar-refractivity contribution in [3.8, 4) is 17.0 Å². The van der Waals surface area contributed by atoms with Gasteiger partial charge in [-0.05, 0) is 61.6 Å². The summed E-state index contributed by atoms with van der Waals surface area (Å²) in [6, 6.07) is 11.7. The lowest BCUT2D eigenvalue weighted by molar-refractivity contribution is -0.120. The molecule has 1 fully saturated rings. The van der Waals surface area contributed by atoms with E-state index in [4.69, 9.17) is 4.74 Å². The number of methoxy groups -OCH3 is 1. The number of rotatable bonds is 5. The number of piperidine rings is 1. The van der Waals surface area contributed by atoms with Gasteiger partial charge < -0.3 is 15.0 Å². The molecule has 0 bridgehead atoms. The number of anilines is 2. The lowest BCUT2D eigenvalue weighted by Gasteiger charge is -2.32. The Morgan fingerprint density at radius 3 is 2.79 bits per heavy atom. The smallest absolute Gasteiger partial charge is 0.229 e. The average molecular weight is 410 g/mol. The standard InChI is InChI=1S/C21H23N5O2S/c1-14-10-20(29-25-14)24-21(27)16-4-3-9-26(12-16)19-11-18(22-13-23-19)15-5-7-17(28-2)8-6-15/h5-8,10-11,13,16H,3-4,9,12H2,1-2H3,(H,24,27)/t16-/m1/s1. The van der Waals surface area contributed by atoms with Crippen molar-refractivity contribution in [2.45, 2.75) is 19.8 Å². The highest BCUT2D eigenvalue weighted by molar-refractivity contribution is 7.10. The van der Waals surface area contributed by atoms with Crippen molar-refractivity contribution >= 4 is 28.3 Å². The number of carbonyl (C=O) groups excluding carboxylic acids is 1. The Balaban J connectivity index is 1.47. The molecule has 3 heterocycles. The minimum absolute atomic E-state index is 0.0442. The number of aryl methyl sites for hydroxylation is 1. The monoisotopic (exact) mass is 409 g/mol. The first-order valence-electron chi connectivity index (χ1n) is 9.58. The molecule has 150 valence electrons. The Morgan fingerprint density at radius 2 is 2.07 bits per heavy atom. The molecule has 1 aliphatic rings. The summed E-state index contributed by atoms with van der Waals surface area (Å²) < 4.78 is 9.44. The van der Waals surface area contributed by atoms with Crippen molar-refractivity contribution in [1.29, 1.82) is 0 Å². The number of ether oxygens (including phenoxy) is 1. The summed E-state index contributed by atoms with van der Waals surface area (Å²) in [5, 5.41) is 3.80. The van der Waals surface area contributed by atoms with E-state index in [1.165, 1.54) is 11.5 Å². The number of aromatic nitrogens is 3. The molecule has 29 heavy (non-hydrogen) atoms. The predicted octanol–water partition coefficient (Wildman–Crippen LogP) is 3.77. The summed E-state index contributed by atoms with van der Waals surface area (Å²) in [5.74, 6) is 1.62. The molecule has 1 amide bonds. The van der Waals surface area contributed by atoms with Crippen molar-refractivity contribution in [3.05, 3.63) is 48.4 Å². The Hall–Kier alpha value is -3.00. The van der Waals surface area contributed by atoms with Crippen molar-refractivity contribution in [3.63, 3.8) is 0 Å². The second kappa shape index (κ2) is 8.57. The molecular formula is C21H23N5O2S. The number of hydrogen-bond acceptors (Lipinski definition) is 7. The highest BCUT2D eigenvalue weighted by Crippen LogP contribution is 2.27. The number of amides is 1. The van der Waals surface area contributed by atoms with Crippen molar-refractivity contribution in [2.24, 2.45) is 5.92 Å². The van der Waals surface area contributed by atoms with Crippen LogP contribution in [0.1, 0.15) is 18.5 Å². The molecule has 0 radical (unpaired) electrons. The van der Waals surface area contributed by atoms with Gasteiger partial charge in [-0.15, -0.1) is 0 Å². The Bertz CT molecular complexity index is 989. The summed E-state index contributed by atoms with van der Waals surface area (Å²) in [6.07, 6.45) is 3.40. The fourth-order valence-corrected chi connectivity index (χ4v) is 4.15. The van der Waals surface area contributed by atoms with Crippen LogP contribution in [0.5, 0.6) is 5.75 Å². The van der Waals surface area contributed by atoms with Gasteiger partial charge in [-0.3, -0.25) is 4.79 Å². The molecule has 0 spiro atoms. The normalized spacial score (nSPS) is 16.5. The number of hydrogen-bond donors (Lipinski definition) is 1. The fourth-order valence-electron chi connectivity index (χ4n) is 3.48. The van der Waals surface area contributed by atoms with Gasteiger partial charge in [0.15, 0.2) is 0 Å². The SMILES string of the molecule is COc1ccc(-c2cc(N3CCC[C@@H](C(=O)Nc4cc(C)ns4)C3)ncn2)cc1. The number of carbonyl (C=O) groups is 1. The first-order valence-corrected chi connectivity index (χ1v) is 10.4. The highest BCUT2D eigenvalue weighted by Gasteiger charge is 2.27. The van der Waals surface area contributed by atoms with Gasteiger partial charge in [-0.2, -0.15) is 4.37 Å². The first kappa shape index (κ1) is 19.3. The minimum atomic E-state index is -0.0782. The van der Waals surface area contributed by atoms with E-state index in [0.717, 1.165) is 52.9 Å². The van der Waals surface area contributed by atoms with Crippen LogP contribution < -0.4 is 15.0 Å². The van der Waals surface area contributed by atoms with Crippen LogP contribution in [0, 0.1) is 12.8 Å². The molecule has 0 saturated carbocycles. The molecule has 0 aliphatic carbocycles. The summed E-state index contributed by atoms with van der Waals surface area (Å²) >= 11 is 1.32. The fraction of sp³-hybridized carbons (Fsp3) is 0.333. The zero-order valence-electron chi connectivity index (χ0n) is 16.5. The van der Waals surface area contributed by atoms with E-state index < -0.39 is 0 Å². The Kier molecular flexibility index (Phi) is 5.71. The maximum Gasteiger partial charge on any atom is 0.229 e. The molecule has 1 N–H and O–H groups in total. The van der Waals surface area contributed by atoms with Gasteiger partial charge in [0.25, 0.3) is 0 Å². The molecule has 7 nitrogen and oxygen atoms in total. The van der Waals surface area contributed by atoms with Crippen LogP contribution in [-0.4, -0.2) is 40.4 Å². The number of benzene rings is 1. The molecule has 8 heteroatoms. The Morgan fingerprint density at radius 1 is 1.24 bits per heavy atom.